The molecular formula is C21H24FN5. The van der Waals surface area contributed by atoms with Crippen LogP contribution < -0.4 is 0 Å². The number of rotatable bonds is 5. The van der Waals surface area contributed by atoms with Crippen molar-refractivity contribution in [3.05, 3.63) is 60.3 Å². The second kappa shape index (κ2) is 7.96. The van der Waals surface area contributed by atoms with E-state index >= 15 is 0 Å². The monoisotopic (exact) mass is 365 g/mol. The van der Waals surface area contributed by atoms with Crippen LogP contribution in [0.1, 0.15) is 37.8 Å². The van der Waals surface area contributed by atoms with Crippen molar-refractivity contribution >= 4 is 0 Å². The van der Waals surface area contributed by atoms with E-state index in [2.05, 4.69) is 27.9 Å². The van der Waals surface area contributed by atoms with E-state index < -0.39 is 0 Å². The molecule has 1 aromatic carbocycles. The average Bonchev–Trinajstić information content (AvgIpc) is 3.15. The van der Waals surface area contributed by atoms with Gasteiger partial charge in [-0.25, -0.2) is 19.0 Å². The van der Waals surface area contributed by atoms with Crippen LogP contribution in [0.2, 0.25) is 0 Å². The molecule has 0 N–H and O–H groups in total. The zero-order chi connectivity index (χ0) is 18.6. The highest BCUT2D eigenvalue weighted by Crippen LogP contribution is 2.31. The molecule has 0 saturated carbocycles. The largest absolute Gasteiger partial charge is 0.303 e. The molecule has 1 unspecified atom stereocenters. The number of benzene rings is 1. The smallest absolute Gasteiger partial charge is 0.250 e. The highest BCUT2D eigenvalue weighted by Gasteiger charge is 2.26. The molecule has 5 nitrogen and oxygen atoms in total. The maximum Gasteiger partial charge on any atom is 0.250 e. The Balaban J connectivity index is 1.73. The van der Waals surface area contributed by atoms with Crippen LogP contribution >= 0.6 is 0 Å². The van der Waals surface area contributed by atoms with E-state index in [-0.39, 0.29) is 5.82 Å². The van der Waals surface area contributed by atoms with Gasteiger partial charge in [0.1, 0.15) is 5.82 Å². The Morgan fingerprint density at radius 2 is 1.93 bits per heavy atom. The summed E-state index contributed by atoms with van der Waals surface area (Å²) >= 11 is 0. The summed E-state index contributed by atoms with van der Waals surface area (Å²) < 4.78 is 15.2. The molecule has 4 rings (SSSR count). The fourth-order valence-corrected chi connectivity index (χ4v) is 3.83. The number of hydrogen-bond acceptors (Lipinski definition) is 4. The zero-order valence-electron chi connectivity index (χ0n) is 15.6. The summed E-state index contributed by atoms with van der Waals surface area (Å²) in [7, 11) is 0. The Morgan fingerprint density at radius 1 is 1.15 bits per heavy atom. The van der Waals surface area contributed by atoms with E-state index in [4.69, 9.17) is 5.10 Å². The Hall–Kier alpha value is -2.60. The fourth-order valence-electron chi connectivity index (χ4n) is 3.83. The minimum atomic E-state index is -0.243. The topological polar surface area (TPSA) is 46.8 Å². The van der Waals surface area contributed by atoms with E-state index in [1.54, 1.807) is 30.6 Å². The lowest BCUT2D eigenvalue weighted by atomic mass is 9.94. The van der Waals surface area contributed by atoms with Gasteiger partial charge in [-0.15, -0.1) is 0 Å². The lowest BCUT2D eigenvalue weighted by molar-refractivity contribution is 0.205. The van der Waals surface area contributed by atoms with Crippen molar-refractivity contribution in [3.8, 4) is 17.2 Å². The van der Waals surface area contributed by atoms with Gasteiger partial charge in [0.2, 0.25) is 0 Å². The van der Waals surface area contributed by atoms with Crippen LogP contribution in [0.25, 0.3) is 17.2 Å². The maximum atomic E-state index is 13.3. The molecule has 1 fully saturated rings. The SMILES string of the molecule is CCCN1CCCC(c2cc(-c3ccc(F)cc3)nn2-c2ncccn2)C1. The van der Waals surface area contributed by atoms with Crippen molar-refractivity contribution in [3.63, 3.8) is 0 Å². The van der Waals surface area contributed by atoms with Crippen LogP contribution in [0.15, 0.2) is 48.8 Å². The van der Waals surface area contributed by atoms with E-state index in [1.165, 1.54) is 18.6 Å². The number of nitrogens with zero attached hydrogens (tertiary/aromatic N) is 5. The van der Waals surface area contributed by atoms with Crippen molar-refractivity contribution in [1.82, 2.24) is 24.6 Å². The van der Waals surface area contributed by atoms with Gasteiger partial charge in [0.25, 0.3) is 5.95 Å². The van der Waals surface area contributed by atoms with Gasteiger partial charge in [-0.05, 0) is 68.8 Å². The van der Waals surface area contributed by atoms with Gasteiger partial charge < -0.3 is 4.90 Å². The Kier molecular flexibility index (Phi) is 5.25. The third-order valence-electron chi connectivity index (χ3n) is 5.08. The Morgan fingerprint density at radius 3 is 2.67 bits per heavy atom. The molecule has 0 bridgehead atoms. The van der Waals surface area contributed by atoms with Crippen molar-refractivity contribution < 1.29 is 4.39 Å². The second-order valence-corrected chi connectivity index (χ2v) is 7.06. The fraction of sp³-hybridized carbons (Fsp3) is 0.381. The summed E-state index contributed by atoms with van der Waals surface area (Å²) in [6, 6.07) is 10.4. The standard InChI is InChI=1S/C21H24FN5/c1-2-12-26-13-3-5-17(15-26)20-14-19(16-6-8-18(22)9-7-16)25-27(20)21-23-10-4-11-24-21/h4,6-11,14,17H,2-3,5,12-13,15H2,1H3. The molecule has 0 aliphatic carbocycles. The van der Waals surface area contributed by atoms with E-state index in [1.807, 2.05) is 4.68 Å². The van der Waals surface area contributed by atoms with Gasteiger partial charge in [0.15, 0.2) is 0 Å². The van der Waals surface area contributed by atoms with Gasteiger partial charge in [0, 0.05) is 30.4 Å². The van der Waals surface area contributed by atoms with Gasteiger partial charge in [-0.3, -0.25) is 0 Å². The summed E-state index contributed by atoms with van der Waals surface area (Å²) in [5, 5.41) is 4.78. The van der Waals surface area contributed by atoms with Gasteiger partial charge in [-0.2, -0.15) is 5.10 Å². The molecule has 0 spiro atoms. The first-order chi connectivity index (χ1) is 13.2. The predicted octanol–water partition coefficient (Wildman–Crippen LogP) is 4.06. The third-order valence-corrected chi connectivity index (χ3v) is 5.08. The molecule has 6 heteroatoms. The van der Waals surface area contributed by atoms with Crippen molar-refractivity contribution in [2.75, 3.05) is 19.6 Å². The average molecular weight is 365 g/mol. The summed E-state index contributed by atoms with van der Waals surface area (Å²) in [5.41, 5.74) is 2.85. The van der Waals surface area contributed by atoms with Crippen LogP contribution in [0.5, 0.6) is 0 Å². The molecule has 0 amide bonds. The summed E-state index contributed by atoms with van der Waals surface area (Å²) in [6.07, 6.45) is 6.93. The van der Waals surface area contributed by atoms with Crippen LogP contribution in [-0.2, 0) is 0 Å². The molecule has 3 heterocycles. The molecule has 1 aliphatic heterocycles. The molecule has 2 aromatic heterocycles. The predicted molar refractivity (Wildman–Crippen MR) is 103 cm³/mol. The van der Waals surface area contributed by atoms with Gasteiger partial charge in [0.05, 0.1) is 11.4 Å². The van der Waals surface area contributed by atoms with Crippen LogP contribution in [0, 0.1) is 5.82 Å². The first kappa shape index (κ1) is 17.8. The third kappa shape index (κ3) is 3.90. The number of aromatic nitrogens is 4. The zero-order valence-corrected chi connectivity index (χ0v) is 15.6. The van der Waals surface area contributed by atoms with E-state index in [0.29, 0.717) is 11.9 Å². The normalized spacial score (nSPS) is 17.9. The molecule has 3 aromatic rings. The number of halogens is 1. The van der Waals surface area contributed by atoms with Crippen LogP contribution in [0.4, 0.5) is 4.39 Å². The van der Waals surface area contributed by atoms with E-state index in [0.717, 1.165) is 49.4 Å². The minimum absolute atomic E-state index is 0.243. The molecular weight excluding hydrogens is 341 g/mol. The van der Waals surface area contributed by atoms with Crippen molar-refractivity contribution in [2.24, 2.45) is 0 Å². The number of hydrogen-bond donors (Lipinski definition) is 0. The lowest BCUT2D eigenvalue weighted by Gasteiger charge is -2.32. The molecule has 1 atom stereocenters. The maximum absolute atomic E-state index is 13.3. The summed E-state index contributed by atoms with van der Waals surface area (Å²) in [4.78, 5) is 11.3. The van der Waals surface area contributed by atoms with Crippen molar-refractivity contribution in [2.45, 2.75) is 32.1 Å². The molecule has 1 saturated heterocycles. The first-order valence-corrected chi connectivity index (χ1v) is 9.60. The van der Waals surface area contributed by atoms with Crippen LogP contribution in [0.3, 0.4) is 0 Å². The lowest BCUT2D eigenvalue weighted by Crippen LogP contribution is -2.35. The quantitative estimate of drug-likeness (QED) is 0.684. The number of piperidine rings is 1. The summed E-state index contributed by atoms with van der Waals surface area (Å²) in [6.45, 7) is 5.52. The molecule has 140 valence electrons. The van der Waals surface area contributed by atoms with Gasteiger partial charge in [-0.1, -0.05) is 6.92 Å². The molecule has 0 radical (unpaired) electrons. The van der Waals surface area contributed by atoms with Crippen LogP contribution in [-0.4, -0.2) is 44.3 Å². The van der Waals surface area contributed by atoms with Crippen molar-refractivity contribution in [1.29, 1.82) is 0 Å². The second-order valence-electron chi connectivity index (χ2n) is 7.06. The van der Waals surface area contributed by atoms with E-state index in [9.17, 15) is 4.39 Å². The highest BCUT2D eigenvalue weighted by atomic mass is 19.1. The first-order valence-electron chi connectivity index (χ1n) is 9.60. The number of likely N-dealkylation sites (tertiary alicyclic amines) is 1. The molecule has 27 heavy (non-hydrogen) atoms. The highest BCUT2D eigenvalue weighted by molar-refractivity contribution is 5.60. The Labute approximate surface area is 158 Å². The Bertz CT molecular complexity index is 873. The van der Waals surface area contributed by atoms with Gasteiger partial charge >= 0.3 is 0 Å². The summed E-state index contributed by atoms with van der Waals surface area (Å²) in [5.74, 6) is 0.719. The molecule has 1 aliphatic rings. The minimum Gasteiger partial charge on any atom is -0.303 e.